The van der Waals surface area contributed by atoms with E-state index in [0.29, 0.717) is 11.7 Å². The van der Waals surface area contributed by atoms with Crippen LogP contribution in [0.15, 0.2) is 0 Å². The van der Waals surface area contributed by atoms with E-state index in [1.807, 2.05) is 0 Å². The first-order chi connectivity index (χ1) is 6.73. The van der Waals surface area contributed by atoms with Gasteiger partial charge in [0.25, 0.3) is 0 Å². The number of hydrogen-bond acceptors (Lipinski definition) is 2. The van der Waals surface area contributed by atoms with E-state index in [2.05, 4.69) is 12.2 Å². The average molecular weight is 195 g/mol. The third-order valence-corrected chi connectivity index (χ3v) is 4.10. The highest BCUT2D eigenvalue weighted by Crippen LogP contribution is 2.34. The smallest absolute Gasteiger partial charge is 0.154 e. The Bertz CT molecular complexity index is 218. The Morgan fingerprint density at radius 1 is 1.21 bits per heavy atom. The lowest BCUT2D eigenvalue weighted by atomic mass is 9.79. The van der Waals surface area contributed by atoms with E-state index in [0.717, 1.165) is 13.0 Å². The van der Waals surface area contributed by atoms with Gasteiger partial charge >= 0.3 is 0 Å². The van der Waals surface area contributed by atoms with Crippen molar-refractivity contribution in [2.45, 2.75) is 57.4 Å². The van der Waals surface area contributed by atoms with E-state index in [1.54, 1.807) is 0 Å². The van der Waals surface area contributed by atoms with Gasteiger partial charge in [0.05, 0.1) is 5.54 Å². The summed E-state index contributed by atoms with van der Waals surface area (Å²) in [6.45, 7) is 3.02. The maximum Gasteiger partial charge on any atom is 0.154 e. The lowest BCUT2D eigenvalue weighted by Gasteiger charge is -2.32. The summed E-state index contributed by atoms with van der Waals surface area (Å²) in [6.07, 6.45) is 8.59. The second kappa shape index (κ2) is 4.01. The van der Waals surface area contributed by atoms with Crippen molar-refractivity contribution in [1.29, 1.82) is 0 Å². The Kier molecular flexibility index (Phi) is 2.91. The first-order valence-electron chi connectivity index (χ1n) is 6.02. The van der Waals surface area contributed by atoms with Crippen molar-refractivity contribution in [1.82, 2.24) is 5.32 Å². The fourth-order valence-corrected chi connectivity index (χ4v) is 3.02. The van der Waals surface area contributed by atoms with Gasteiger partial charge in [0.15, 0.2) is 5.78 Å². The van der Waals surface area contributed by atoms with Crippen LogP contribution in [0, 0.1) is 5.92 Å². The van der Waals surface area contributed by atoms with E-state index < -0.39 is 0 Å². The van der Waals surface area contributed by atoms with Gasteiger partial charge < -0.3 is 5.32 Å². The van der Waals surface area contributed by atoms with Crippen molar-refractivity contribution in [3.8, 4) is 0 Å². The molecule has 0 aromatic carbocycles. The van der Waals surface area contributed by atoms with E-state index in [1.165, 1.54) is 38.5 Å². The van der Waals surface area contributed by atoms with Crippen LogP contribution in [0.3, 0.4) is 0 Å². The first kappa shape index (κ1) is 10.2. The summed E-state index contributed by atoms with van der Waals surface area (Å²) < 4.78 is 0. The minimum absolute atomic E-state index is 0.176. The van der Waals surface area contributed by atoms with E-state index in [4.69, 9.17) is 0 Å². The van der Waals surface area contributed by atoms with Crippen molar-refractivity contribution < 1.29 is 4.79 Å². The fraction of sp³-hybridized carbons (Fsp3) is 0.917. The highest BCUT2D eigenvalue weighted by molar-refractivity contribution is 5.90. The number of carbonyl (C=O) groups is 1. The van der Waals surface area contributed by atoms with Gasteiger partial charge in [0.2, 0.25) is 0 Å². The van der Waals surface area contributed by atoms with Crippen molar-refractivity contribution in [3.05, 3.63) is 0 Å². The van der Waals surface area contributed by atoms with Crippen molar-refractivity contribution in [2.24, 2.45) is 5.92 Å². The summed E-state index contributed by atoms with van der Waals surface area (Å²) in [5, 5.41) is 3.43. The lowest BCUT2D eigenvalue weighted by Crippen LogP contribution is -2.49. The van der Waals surface area contributed by atoms with Gasteiger partial charge in [-0.15, -0.1) is 0 Å². The molecule has 2 rings (SSSR count). The van der Waals surface area contributed by atoms with Crippen LogP contribution in [0.1, 0.15) is 51.9 Å². The topological polar surface area (TPSA) is 29.1 Å². The summed E-state index contributed by atoms with van der Waals surface area (Å²) in [6, 6.07) is 0. The maximum atomic E-state index is 11.8. The minimum atomic E-state index is -0.176. The molecule has 2 fully saturated rings. The van der Waals surface area contributed by atoms with Crippen LogP contribution < -0.4 is 5.32 Å². The molecule has 1 heterocycles. The number of rotatable bonds is 1. The van der Waals surface area contributed by atoms with Crippen molar-refractivity contribution >= 4 is 5.78 Å². The molecule has 2 nitrogen and oxygen atoms in total. The zero-order valence-electron chi connectivity index (χ0n) is 9.14. The molecule has 1 atom stereocenters. The third-order valence-electron chi connectivity index (χ3n) is 4.10. The Hall–Kier alpha value is -0.370. The Balaban J connectivity index is 2.07. The molecular weight excluding hydrogens is 174 g/mol. The number of ketones is 1. The maximum absolute atomic E-state index is 11.8. The molecule has 0 spiro atoms. The molecule has 1 unspecified atom stereocenters. The summed E-state index contributed by atoms with van der Waals surface area (Å²) in [5.74, 6) is 1.05. The van der Waals surface area contributed by atoms with Crippen LogP contribution in [0.5, 0.6) is 0 Å². The third kappa shape index (κ3) is 1.72. The number of Topliss-reactive ketones (excluding diaryl/α,β-unsaturated/α-hetero) is 1. The quantitative estimate of drug-likeness (QED) is 0.650. The molecule has 1 N–H and O–H groups in total. The molecule has 0 aromatic heterocycles. The van der Waals surface area contributed by atoms with Crippen LogP contribution in [0.4, 0.5) is 0 Å². The molecular formula is C12H21NO. The van der Waals surface area contributed by atoms with Gasteiger partial charge in [-0.1, -0.05) is 25.7 Å². The summed E-state index contributed by atoms with van der Waals surface area (Å²) in [4.78, 5) is 11.8. The van der Waals surface area contributed by atoms with Gasteiger partial charge in [-0.25, -0.2) is 0 Å². The van der Waals surface area contributed by atoms with Crippen molar-refractivity contribution in [2.75, 3.05) is 6.54 Å². The molecule has 2 aliphatic rings. The molecule has 14 heavy (non-hydrogen) atoms. The number of hydrogen-bond donors (Lipinski definition) is 1. The molecule has 1 saturated carbocycles. The normalized spacial score (nSPS) is 35.9. The van der Waals surface area contributed by atoms with E-state index in [-0.39, 0.29) is 5.54 Å². The van der Waals surface area contributed by atoms with E-state index >= 15 is 0 Å². The lowest BCUT2D eigenvalue weighted by molar-refractivity contribution is -0.123. The van der Waals surface area contributed by atoms with E-state index in [9.17, 15) is 4.79 Å². The SMILES string of the molecule is CC1(C2CCCCCC2)NCCC1=O. The fourth-order valence-electron chi connectivity index (χ4n) is 3.02. The predicted molar refractivity (Wildman–Crippen MR) is 57.2 cm³/mol. The zero-order chi connectivity index (χ0) is 10.0. The van der Waals surface area contributed by atoms with Gasteiger partial charge in [-0.05, 0) is 25.7 Å². The van der Waals surface area contributed by atoms with Crippen LogP contribution in [0.2, 0.25) is 0 Å². The molecule has 1 aliphatic carbocycles. The van der Waals surface area contributed by atoms with Crippen LogP contribution in [0.25, 0.3) is 0 Å². The van der Waals surface area contributed by atoms with Gasteiger partial charge in [0, 0.05) is 13.0 Å². The van der Waals surface area contributed by atoms with Crippen LogP contribution in [-0.4, -0.2) is 17.9 Å². The molecule has 1 aliphatic heterocycles. The van der Waals surface area contributed by atoms with Crippen LogP contribution in [-0.2, 0) is 4.79 Å². The van der Waals surface area contributed by atoms with Crippen molar-refractivity contribution in [3.63, 3.8) is 0 Å². The van der Waals surface area contributed by atoms with Gasteiger partial charge in [0.1, 0.15) is 0 Å². The summed E-state index contributed by atoms with van der Waals surface area (Å²) >= 11 is 0. The van der Waals surface area contributed by atoms with Gasteiger partial charge in [-0.2, -0.15) is 0 Å². The molecule has 0 radical (unpaired) electrons. The monoisotopic (exact) mass is 195 g/mol. The van der Waals surface area contributed by atoms with Gasteiger partial charge in [-0.3, -0.25) is 4.79 Å². The Labute approximate surface area is 86.5 Å². The number of carbonyl (C=O) groups excluding carboxylic acids is 1. The second-order valence-corrected chi connectivity index (χ2v) is 4.99. The summed E-state index contributed by atoms with van der Waals surface area (Å²) in [5.41, 5.74) is -0.176. The molecule has 0 bridgehead atoms. The second-order valence-electron chi connectivity index (χ2n) is 4.99. The summed E-state index contributed by atoms with van der Waals surface area (Å²) in [7, 11) is 0. The average Bonchev–Trinajstić information content (AvgIpc) is 2.47. The first-order valence-corrected chi connectivity index (χ1v) is 6.02. The molecule has 80 valence electrons. The number of nitrogens with one attached hydrogen (secondary N) is 1. The zero-order valence-corrected chi connectivity index (χ0v) is 9.14. The highest BCUT2D eigenvalue weighted by Gasteiger charge is 2.43. The predicted octanol–water partition coefficient (Wildman–Crippen LogP) is 2.28. The van der Waals surface area contributed by atoms with Crippen LogP contribution >= 0.6 is 0 Å². The molecule has 1 saturated heterocycles. The standard InChI is InChI=1S/C12H21NO/c1-12(11(14)8-9-13-12)10-6-4-2-3-5-7-10/h10,13H,2-9H2,1H3. The Morgan fingerprint density at radius 3 is 2.36 bits per heavy atom. The molecule has 2 heteroatoms. The Morgan fingerprint density at radius 2 is 1.86 bits per heavy atom. The molecule has 0 aromatic rings. The molecule has 0 amide bonds. The largest absolute Gasteiger partial charge is 0.304 e. The minimum Gasteiger partial charge on any atom is -0.304 e. The highest BCUT2D eigenvalue weighted by atomic mass is 16.1.